The Hall–Kier alpha value is -2.25. The molecule has 1 unspecified atom stereocenters. The van der Waals surface area contributed by atoms with Crippen molar-refractivity contribution in [3.8, 4) is 0 Å². The van der Waals surface area contributed by atoms with E-state index in [0.717, 1.165) is 4.88 Å². The molecule has 0 radical (unpaired) electrons. The maximum absolute atomic E-state index is 12.6. The summed E-state index contributed by atoms with van der Waals surface area (Å²) < 4.78 is 5.24. The van der Waals surface area contributed by atoms with Gasteiger partial charge in [-0.15, -0.1) is 11.3 Å². The van der Waals surface area contributed by atoms with Gasteiger partial charge >= 0.3 is 0 Å². The molecule has 2 aliphatic rings. The van der Waals surface area contributed by atoms with Crippen LogP contribution in [-0.4, -0.2) is 47.9 Å². The molecule has 1 atom stereocenters. The van der Waals surface area contributed by atoms with Crippen molar-refractivity contribution in [1.82, 2.24) is 9.88 Å². The number of Topliss-reactive ketones (excluding diaryl/α,β-unsaturated/α-hetero) is 1. The molecule has 7 heteroatoms. The number of aromatic nitrogens is 1. The summed E-state index contributed by atoms with van der Waals surface area (Å²) in [6, 6.07) is 5.47. The van der Waals surface area contributed by atoms with E-state index in [2.05, 4.69) is 4.98 Å². The smallest absolute Gasteiger partial charge is 0.261 e. The minimum Gasteiger partial charge on any atom is -0.378 e. The van der Waals surface area contributed by atoms with E-state index in [1.807, 2.05) is 17.5 Å². The lowest BCUT2D eigenvalue weighted by atomic mass is 9.84. The van der Waals surface area contributed by atoms with Crippen LogP contribution in [0.15, 0.2) is 28.4 Å². The Morgan fingerprint density at radius 1 is 1.24 bits per heavy atom. The lowest BCUT2D eigenvalue weighted by Gasteiger charge is -2.27. The average Bonchev–Trinajstić information content (AvgIpc) is 3.16. The first-order valence-electron chi connectivity index (χ1n) is 8.33. The van der Waals surface area contributed by atoms with Gasteiger partial charge in [0.05, 0.1) is 13.2 Å². The van der Waals surface area contributed by atoms with Crippen molar-refractivity contribution in [3.05, 3.63) is 55.6 Å². The zero-order valence-corrected chi connectivity index (χ0v) is 14.4. The molecule has 6 nitrogen and oxygen atoms in total. The fourth-order valence-electron chi connectivity index (χ4n) is 3.45. The molecule has 1 saturated heterocycles. The number of hydrogen-bond acceptors (Lipinski definition) is 5. The van der Waals surface area contributed by atoms with Gasteiger partial charge in [0.2, 0.25) is 0 Å². The number of rotatable bonds is 2. The van der Waals surface area contributed by atoms with Crippen molar-refractivity contribution in [2.24, 2.45) is 0 Å². The molecule has 25 heavy (non-hydrogen) atoms. The highest BCUT2D eigenvalue weighted by Crippen LogP contribution is 2.33. The Morgan fingerprint density at radius 3 is 2.76 bits per heavy atom. The third kappa shape index (κ3) is 3.05. The summed E-state index contributed by atoms with van der Waals surface area (Å²) in [6.07, 6.45) is 1.02. The van der Waals surface area contributed by atoms with Crippen LogP contribution >= 0.6 is 11.3 Å². The van der Waals surface area contributed by atoms with Crippen molar-refractivity contribution in [3.63, 3.8) is 0 Å². The number of ether oxygens (including phenoxy) is 1. The van der Waals surface area contributed by atoms with Crippen LogP contribution in [-0.2, 0) is 11.2 Å². The number of carbonyl (C=O) groups is 2. The summed E-state index contributed by atoms with van der Waals surface area (Å²) in [5.74, 6) is -0.260. The monoisotopic (exact) mass is 358 g/mol. The molecule has 1 N–H and O–H groups in total. The van der Waals surface area contributed by atoms with Gasteiger partial charge in [0, 0.05) is 41.6 Å². The first-order chi connectivity index (χ1) is 12.1. The Kier molecular flexibility index (Phi) is 4.27. The van der Waals surface area contributed by atoms with Crippen LogP contribution < -0.4 is 5.56 Å². The Balaban J connectivity index is 1.66. The number of amides is 1. The van der Waals surface area contributed by atoms with Gasteiger partial charge < -0.3 is 14.6 Å². The molecule has 1 amide bonds. The summed E-state index contributed by atoms with van der Waals surface area (Å²) in [5.41, 5.74) is 0.737. The van der Waals surface area contributed by atoms with Gasteiger partial charge in [-0.3, -0.25) is 14.4 Å². The zero-order chi connectivity index (χ0) is 17.4. The summed E-state index contributed by atoms with van der Waals surface area (Å²) in [6.45, 7) is 1.86. The van der Waals surface area contributed by atoms with Crippen LogP contribution in [0.4, 0.5) is 0 Å². The number of hydrogen-bond donors (Lipinski definition) is 1. The van der Waals surface area contributed by atoms with Gasteiger partial charge in [-0.25, -0.2) is 0 Å². The topological polar surface area (TPSA) is 79.5 Å². The molecule has 0 saturated carbocycles. The molecule has 1 aliphatic carbocycles. The van der Waals surface area contributed by atoms with Crippen molar-refractivity contribution < 1.29 is 14.3 Å². The molecule has 4 rings (SSSR count). The van der Waals surface area contributed by atoms with E-state index in [4.69, 9.17) is 4.74 Å². The van der Waals surface area contributed by atoms with E-state index < -0.39 is 5.56 Å². The summed E-state index contributed by atoms with van der Waals surface area (Å²) >= 11 is 1.62. The van der Waals surface area contributed by atoms with Gasteiger partial charge in [0.1, 0.15) is 5.56 Å². The van der Waals surface area contributed by atoms with Crippen LogP contribution in [0.25, 0.3) is 0 Å². The number of pyridine rings is 1. The molecule has 130 valence electrons. The molecular weight excluding hydrogens is 340 g/mol. The quantitative estimate of drug-likeness (QED) is 0.888. The van der Waals surface area contributed by atoms with Crippen LogP contribution in [0, 0.1) is 0 Å². The molecule has 0 aromatic carbocycles. The van der Waals surface area contributed by atoms with E-state index in [0.29, 0.717) is 50.4 Å². The third-order valence-electron chi connectivity index (χ3n) is 4.78. The van der Waals surface area contributed by atoms with E-state index in [-0.39, 0.29) is 23.2 Å². The number of nitrogens with zero attached hydrogens (tertiary/aromatic N) is 1. The predicted molar refractivity (Wildman–Crippen MR) is 93.5 cm³/mol. The van der Waals surface area contributed by atoms with E-state index in [1.165, 1.54) is 6.07 Å². The van der Waals surface area contributed by atoms with Crippen molar-refractivity contribution in [2.75, 3.05) is 26.3 Å². The van der Waals surface area contributed by atoms with E-state index in [9.17, 15) is 14.4 Å². The number of morpholine rings is 1. The number of ketones is 1. The molecular formula is C18H18N2O4S. The maximum atomic E-state index is 12.6. The van der Waals surface area contributed by atoms with Gasteiger partial charge in [-0.2, -0.15) is 0 Å². The minimum absolute atomic E-state index is 0.0214. The second-order valence-corrected chi connectivity index (χ2v) is 7.33. The largest absolute Gasteiger partial charge is 0.378 e. The van der Waals surface area contributed by atoms with Gasteiger partial charge in [0.25, 0.3) is 11.5 Å². The minimum atomic E-state index is -0.421. The number of carbonyl (C=O) groups excluding carboxylic acids is 2. The standard InChI is InChI=1S/C18H18N2O4S/c21-15-9-11(16-2-1-7-25-16)8-14-12(15)10-13(17(22)19-14)18(23)20-3-5-24-6-4-20/h1-2,7,10-11H,3-6,8-9H2,(H,19,22). The second kappa shape index (κ2) is 6.57. The first kappa shape index (κ1) is 16.2. The summed E-state index contributed by atoms with van der Waals surface area (Å²) in [7, 11) is 0. The Labute approximate surface area is 148 Å². The Morgan fingerprint density at radius 2 is 2.04 bits per heavy atom. The maximum Gasteiger partial charge on any atom is 0.261 e. The highest BCUT2D eigenvalue weighted by Gasteiger charge is 2.30. The molecule has 0 bridgehead atoms. The van der Waals surface area contributed by atoms with Gasteiger partial charge in [-0.05, 0) is 23.9 Å². The lowest BCUT2D eigenvalue weighted by Crippen LogP contribution is -2.43. The SMILES string of the molecule is O=C1CC(c2cccs2)Cc2[nH]c(=O)c(C(=O)N3CCOCC3)cc21. The van der Waals surface area contributed by atoms with Crippen molar-refractivity contribution in [1.29, 1.82) is 0 Å². The number of thiophene rings is 1. The van der Waals surface area contributed by atoms with Crippen LogP contribution in [0.5, 0.6) is 0 Å². The van der Waals surface area contributed by atoms with Crippen LogP contribution in [0.3, 0.4) is 0 Å². The van der Waals surface area contributed by atoms with Crippen LogP contribution in [0.2, 0.25) is 0 Å². The normalized spacial score (nSPS) is 20.4. The highest BCUT2D eigenvalue weighted by molar-refractivity contribution is 7.10. The number of nitrogens with one attached hydrogen (secondary N) is 1. The first-order valence-corrected chi connectivity index (χ1v) is 9.21. The molecule has 2 aromatic heterocycles. The molecule has 3 heterocycles. The zero-order valence-electron chi connectivity index (χ0n) is 13.6. The van der Waals surface area contributed by atoms with E-state index in [1.54, 1.807) is 16.2 Å². The number of H-pyrrole nitrogens is 1. The molecule has 1 aliphatic heterocycles. The lowest BCUT2D eigenvalue weighted by molar-refractivity contribution is 0.0301. The second-order valence-electron chi connectivity index (χ2n) is 6.35. The van der Waals surface area contributed by atoms with Crippen LogP contribution in [0.1, 0.15) is 43.6 Å². The molecule has 0 spiro atoms. The summed E-state index contributed by atoms with van der Waals surface area (Å²) in [5, 5.41) is 1.99. The Bertz CT molecular complexity index is 866. The fourth-order valence-corrected chi connectivity index (χ4v) is 4.28. The molecule has 1 fully saturated rings. The van der Waals surface area contributed by atoms with E-state index >= 15 is 0 Å². The highest BCUT2D eigenvalue weighted by atomic mass is 32.1. The third-order valence-corrected chi connectivity index (χ3v) is 5.81. The van der Waals surface area contributed by atoms with Gasteiger partial charge in [0.15, 0.2) is 5.78 Å². The van der Waals surface area contributed by atoms with Crippen molar-refractivity contribution in [2.45, 2.75) is 18.8 Å². The average molecular weight is 358 g/mol. The predicted octanol–water partition coefficient (Wildman–Crippen LogP) is 1.82. The fraction of sp³-hybridized carbons (Fsp3) is 0.389. The van der Waals surface area contributed by atoms with Crippen molar-refractivity contribution >= 4 is 23.0 Å². The van der Waals surface area contributed by atoms with Gasteiger partial charge in [-0.1, -0.05) is 6.07 Å². The summed E-state index contributed by atoms with van der Waals surface area (Å²) in [4.78, 5) is 43.2. The molecule has 2 aromatic rings. The number of aromatic amines is 1. The number of fused-ring (bicyclic) bond motifs is 1.